The summed E-state index contributed by atoms with van der Waals surface area (Å²) in [6.07, 6.45) is 5.35. The van der Waals surface area contributed by atoms with Crippen LogP contribution in [0.15, 0.2) is 55.0 Å². The zero-order chi connectivity index (χ0) is 16.0. The summed E-state index contributed by atoms with van der Waals surface area (Å²) in [7, 11) is 0. The lowest BCUT2D eigenvalue weighted by Gasteiger charge is -2.10. The van der Waals surface area contributed by atoms with Gasteiger partial charge in [-0.2, -0.15) is 0 Å². The molecular formula is C16H9ClFIN4. The first-order valence-electron chi connectivity index (χ1n) is 6.75. The van der Waals surface area contributed by atoms with Crippen LogP contribution in [-0.4, -0.2) is 18.9 Å². The van der Waals surface area contributed by atoms with Crippen LogP contribution in [0, 0.1) is 9.52 Å². The first kappa shape index (κ1) is 14.6. The standard InChI is InChI=1S/C16H9ClFIN4/c17-13-7-21-16(23(13)12-4-2-11(18)3-5-12)10-1-6-15-20-8-14(19)22(15)9-10/h1-9H. The molecule has 4 nitrogen and oxygen atoms in total. The lowest BCUT2D eigenvalue weighted by atomic mass is 10.2. The van der Waals surface area contributed by atoms with Gasteiger partial charge in [0, 0.05) is 17.4 Å². The van der Waals surface area contributed by atoms with Gasteiger partial charge in [-0.05, 0) is 59.0 Å². The Morgan fingerprint density at radius 1 is 1.00 bits per heavy atom. The van der Waals surface area contributed by atoms with Crippen molar-refractivity contribution in [1.82, 2.24) is 18.9 Å². The highest BCUT2D eigenvalue weighted by Gasteiger charge is 2.14. The molecule has 0 aliphatic heterocycles. The highest BCUT2D eigenvalue weighted by atomic mass is 127. The Bertz CT molecular complexity index is 1010. The van der Waals surface area contributed by atoms with Gasteiger partial charge in [-0.25, -0.2) is 14.4 Å². The number of rotatable bonds is 2. The van der Waals surface area contributed by atoms with E-state index in [1.165, 1.54) is 12.1 Å². The van der Waals surface area contributed by atoms with Crippen LogP contribution in [-0.2, 0) is 0 Å². The number of nitrogens with zero attached hydrogens (tertiary/aromatic N) is 4. The van der Waals surface area contributed by atoms with Crippen LogP contribution < -0.4 is 0 Å². The quantitative estimate of drug-likeness (QED) is 0.429. The van der Waals surface area contributed by atoms with Gasteiger partial charge in [0.2, 0.25) is 0 Å². The Morgan fingerprint density at radius 3 is 2.57 bits per heavy atom. The van der Waals surface area contributed by atoms with Gasteiger partial charge in [-0.3, -0.25) is 8.97 Å². The van der Waals surface area contributed by atoms with Gasteiger partial charge in [0.15, 0.2) is 0 Å². The van der Waals surface area contributed by atoms with E-state index in [9.17, 15) is 4.39 Å². The smallest absolute Gasteiger partial charge is 0.147 e. The lowest BCUT2D eigenvalue weighted by molar-refractivity contribution is 0.627. The number of fused-ring (bicyclic) bond motifs is 1. The van der Waals surface area contributed by atoms with E-state index in [0.717, 1.165) is 20.6 Å². The third-order valence-corrected chi connectivity index (χ3v) is 4.59. The first-order valence-corrected chi connectivity index (χ1v) is 8.21. The summed E-state index contributed by atoms with van der Waals surface area (Å²) in [4.78, 5) is 8.72. The Balaban J connectivity index is 1.91. The molecule has 3 aromatic heterocycles. The van der Waals surface area contributed by atoms with Gasteiger partial charge in [-0.15, -0.1) is 0 Å². The second kappa shape index (κ2) is 5.61. The molecule has 1 aromatic carbocycles. The van der Waals surface area contributed by atoms with Crippen LogP contribution in [0.5, 0.6) is 0 Å². The Hall–Kier alpha value is -1.93. The van der Waals surface area contributed by atoms with Crippen molar-refractivity contribution < 1.29 is 4.39 Å². The molecule has 0 spiro atoms. The zero-order valence-electron chi connectivity index (χ0n) is 11.6. The van der Waals surface area contributed by atoms with Crippen molar-refractivity contribution in [2.45, 2.75) is 0 Å². The van der Waals surface area contributed by atoms with Gasteiger partial charge >= 0.3 is 0 Å². The first-order chi connectivity index (χ1) is 11.1. The number of hydrogen-bond acceptors (Lipinski definition) is 2. The van der Waals surface area contributed by atoms with E-state index in [4.69, 9.17) is 11.6 Å². The van der Waals surface area contributed by atoms with Crippen LogP contribution in [0.2, 0.25) is 5.15 Å². The molecule has 3 heterocycles. The maximum Gasteiger partial charge on any atom is 0.147 e. The number of halogens is 3. The van der Waals surface area contributed by atoms with E-state index in [1.807, 2.05) is 22.7 Å². The van der Waals surface area contributed by atoms with Crippen molar-refractivity contribution in [2.75, 3.05) is 0 Å². The Morgan fingerprint density at radius 2 is 1.78 bits per heavy atom. The fourth-order valence-corrected chi connectivity index (χ4v) is 3.21. The summed E-state index contributed by atoms with van der Waals surface area (Å²) in [6, 6.07) is 10.0. The minimum Gasteiger partial charge on any atom is -0.294 e. The molecule has 0 amide bonds. The van der Waals surface area contributed by atoms with Crippen molar-refractivity contribution in [3.63, 3.8) is 0 Å². The number of benzene rings is 1. The molecule has 0 aliphatic rings. The molecule has 23 heavy (non-hydrogen) atoms. The summed E-state index contributed by atoms with van der Waals surface area (Å²) < 4.78 is 17.9. The van der Waals surface area contributed by atoms with Crippen LogP contribution in [0.4, 0.5) is 4.39 Å². The third-order valence-electron chi connectivity index (χ3n) is 3.52. The normalized spacial score (nSPS) is 11.3. The number of pyridine rings is 1. The highest BCUT2D eigenvalue weighted by molar-refractivity contribution is 14.1. The second-order valence-corrected chi connectivity index (χ2v) is 6.44. The predicted octanol–water partition coefficient (Wildman–Crippen LogP) is 4.58. The molecule has 0 aliphatic carbocycles. The third kappa shape index (κ3) is 2.51. The molecule has 0 N–H and O–H groups in total. The minimum atomic E-state index is -0.291. The molecule has 0 radical (unpaired) electrons. The van der Waals surface area contributed by atoms with Crippen molar-refractivity contribution >= 4 is 39.8 Å². The zero-order valence-corrected chi connectivity index (χ0v) is 14.5. The Labute approximate surface area is 149 Å². The molecule has 0 saturated heterocycles. The van der Waals surface area contributed by atoms with Crippen LogP contribution in [0.25, 0.3) is 22.7 Å². The molecular weight excluding hydrogens is 430 g/mol. The minimum absolute atomic E-state index is 0.291. The summed E-state index contributed by atoms with van der Waals surface area (Å²) in [5, 5.41) is 0.465. The molecule has 7 heteroatoms. The molecule has 0 unspecified atom stereocenters. The fourth-order valence-electron chi connectivity index (χ4n) is 2.45. The number of imidazole rings is 2. The van der Waals surface area contributed by atoms with E-state index in [-0.39, 0.29) is 5.82 Å². The van der Waals surface area contributed by atoms with E-state index < -0.39 is 0 Å². The van der Waals surface area contributed by atoms with Crippen LogP contribution in [0.1, 0.15) is 0 Å². The topological polar surface area (TPSA) is 35.1 Å². The molecule has 4 aromatic rings. The Kier molecular flexibility index (Phi) is 3.57. The van der Waals surface area contributed by atoms with E-state index in [0.29, 0.717) is 11.0 Å². The highest BCUT2D eigenvalue weighted by Crippen LogP contribution is 2.27. The van der Waals surface area contributed by atoms with E-state index in [2.05, 4.69) is 32.6 Å². The van der Waals surface area contributed by atoms with Crippen molar-refractivity contribution in [3.8, 4) is 17.1 Å². The molecule has 0 atom stereocenters. The van der Waals surface area contributed by atoms with Gasteiger partial charge in [0.1, 0.15) is 26.1 Å². The average molecular weight is 439 g/mol. The summed E-state index contributed by atoms with van der Waals surface area (Å²) in [5.74, 6) is 0.397. The van der Waals surface area contributed by atoms with Gasteiger partial charge < -0.3 is 0 Å². The lowest BCUT2D eigenvalue weighted by Crippen LogP contribution is -1.99. The van der Waals surface area contributed by atoms with Gasteiger partial charge in [0.25, 0.3) is 0 Å². The fraction of sp³-hybridized carbons (Fsp3) is 0. The van der Waals surface area contributed by atoms with Crippen LogP contribution >= 0.6 is 34.2 Å². The molecule has 4 rings (SSSR count). The predicted molar refractivity (Wildman–Crippen MR) is 95.4 cm³/mol. The number of aromatic nitrogens is 4. The molecule has 0 fully saturated rings. The average Bonchev–Trinajstić information content (AvgIpc) is 3.12. The van der Waals surface area contributed by atoms with Gasteiger partial charge in [0.05, 0.1) is 12.4 Å². The summed E-state index contributed by atoms with van der Waals surface area (Å²) in [5.41, 5.74) is 2.51. The van der Waals surface area contributed by atoms with Gasteiger partial charge in [-0.1, -0.05) is 11.6 Å². The summed E-state index contributed by atoms with van der Waals surface area (Å²) in [6.45, 7) is 0. The van der Waals surface area contributed by atoms with E-state index >= 15 is 0 Å². The summed E-state index contributed by atoms with van der Waals surface area (Å²) >= 11 is 8.51. The monoisotopic (exact) mass is 438 g/mol. The second-order valence-electron chi connectivity index (χ2n) is 4.94. The van der Waals surface area contributed by atoms with Crippen LogP contribution in [0.3, 0.4) is 0 Å². The maximum atomic E-state index is 13.2. The maximum absolute atomic E-state index is 13.2. The molecule has 0 saturated carbocycles. The molecule has 114 valence electrons. The number of hydrogen-bond donors (Lipinski definition) is 0. The van der Waals surface area contributed by atoms with Crippen molar-refractivity contribution in [1.29, 1.82) is 0 Å². The molecule has 0 bridgehead atoms. The van der Waals surface area contributed by atoms with Crippen molar-refractivity contribution in [2.24, 2.45) is 0 Å². The van der Waals surface area contributed by atoms with E-state index in [1.54, 1.807) is 29.1 Å². The van der Waals surface area contributed by atoms with Crippen molar-refractivity contribution in [3.05, 3.63) is 69.7 Å². The largest absolute Gasteiger partial charge is 0.294 e. The SMILES string of the molecule is Fc1ccc(-n2c(Cl)cnc2-c2ccc3ncc(I)n3c2)cc1.